The number of nitrogens with zero attached hydrogens (tertiary/aromatic N) is 3. The highest BCUT2D eigenvalue weighted by atomic mass is 16.7. The van der Waals surface area contributed by atoms with Crippen molar-refractivity contribution < 1.29 is 14.4 Å². The minimum absolute atomic E-state index is 0.124. The van der Waals surface area contributed by atoms with Gasteiger partial charge in [0.25, 0.3) is 11.8 Å². The van der Waals surface area contributed by atoms with E-state index in [9.17, 15) is 9.59 Å². The molecule has 2 heterocycles. The van der Waals surface area contributed by atoms with Gasteiger partial charge in [-0.1, -0.05) is 12.1 Å². The molecule has 2 aromatic rings. The molecule has 1 aliphatic heterocycles. The smallest absolute Gasteiger partial charge is 0.267 e. The van der Waals surface area contributed by atoms with Crippen molar-refractivity contribution in [3.05, 3.63) is 53.3 Å². The van der Waals surface area contributed by atoms with E-state index in [0.717, 1.165) is 10.8 Å². The molecule has 0 atom stereocenters. The Morgan fingerprint density at radius 1 is 1.10 bits per heavy atom. The topological polar surface area (TPSA) is 64.4 Å². The quantitative estimate of drug-likeness (QED) is 0.793. The lowest BCUT2D eigenvalue weighted by molar-refractivity contribution is -0.102. The Hall–Kier alpha value is -2.47. The molecule has 1 aromatic heterocycles. The van der Waals surface area contributed by atoms with E-state index in [1.165, 1.54) is 0 Å². The van der Waals surface area contributed by atoms with Gasteiger partial charge in [0.2, 0.25) is 0 Å². The minimum atomic E-state index is -0.423. The van der Waals surface area contributed by atoms with Gasteiger partial charge in [-0.05, 0) is 25.1 Å². The van der Waals surface area contributed by atoms with Crippen LogP contribution in [0.15, 0.2) is 36.5 Å². The Labute approximate surface area is 115 Å². The van der Waals surface area contributed by atoms with Crippen LogP contribution in [-0.4, -0.2) is 26.7 Å². The summed E-state index contributed by atoms with van der Waals surface area (Å²) in [7, 11) is 0. The number of benzene rings is 1. The third kappa shape index (κ3) is 1.90. The number of imide groups is 1. The minimum Gasteiger partial charge on any atom is -0.267 e. The predicted molar refractivity (Wildman–Crippen MR) is 69.6 cm³/mol. The zero-order valence-electron chi connectivity index (χ0n) is 10.9. The summed E-state index contributed by atoms with van der Waals surface area (Å²) in [5.74, 6) is -0.846. The molecule has 6 nitrogen and oxygen atoms in total. The molecule has 0 aliphatic carbocycles. The van der Waals surface area contributed by atoms with Crippen molar-refractivity contribution in [2.24, 2.45) is 0 Å². The Kier molecular flexibility index (Phi) is 3.08. The summed E-state index contributed by atoms with van der Waals surface area (Å²) >= 11 is 0. The van der Waals surface area contributed by atoms with Crippen LogP contribution in [0, 0.1) is 0 Å². The molecule has 0 fully saturated rings. The normalized spacial score (nSPS) is 13.9. The van der Waals surface area contributed by atoms with Crippen LogP contribution >= 0.6 is 0 Å². The molecule has 1 aliphatic rings. The summed E-state index contributed by atoms with van der Waals surface area (Å²) < 4.78 is 1.75. The first-order valence-electron chi connectivity index (χ1n) is 6.33. The number of hydrogen-bond acceptors (Lipinski definition) is 4. The Bertz CT molecular complexity index is 643. The van der Waals surface area contributed by atoms with Crippen LogP contribution in [-0.2, 0) is 18.0 Å². The van der Waals surface area contributed by atoms with Crippen molar-refractivity contribution in [2.45, 2.75) is 20.1 Å². The van der Waals surface area contributed by atoms with E-state index < -0.39 is 11.8 Å². The monoisotopic (exact) mass is 271 g/mol. The van der Waals surface area contributed by atoms with E-state index in [0.29, 0.717) is 17.7 Å². The lowest BCUT2D eigenvalue weighted by atomic mass is 10.1. The van der Waals surface area contributed by atoms with Gasteiger partial charge in [0.05, 0.1) is 16.8 Å². The third-order valence-corrected chi connectivity index (χ3v) is 3.20. The number of carbonyl (C=O) groups is 2. The molecule has 0 saturated heterocycles. The Morgan fingerprint density at radius 3 is 2.35 bits per heavy atom. The second kappa shape index (κ2) is 4.90. The van der Waals surface area contributed by atoms with Crippen molar-refractivity contribution >= 4 is 11.8 Å². The summed E-state index contributed by atoms with van der Waals surface area (Å²) in [5.41, 5.74) is 1.56. The van der Waals surface area contributed by atoms with Crippen LogP contribution in [0.25, 0.3) is 0 Å². The number of hydrogen-bond donors (Lipinski definition) is 0. The number of rotatable bonds is 4. The number of hydroxylamine groups is 2. The van der Waals surface area contributed by atoms with E-state index in [1.807, 2.05) is 6.92 Å². The predicted octanol–water partition coefficient (Wildman–Crippen LogP) is 1.63. The molecule has 6 heteroatoms. The van der Waals surface area contributed by atoms with Gasteiger partial charge < -0.3 is 0 Å². The molecule has 0 saturated carbocycles. The second-order valence-electron chi connectivity index (χ2n) is 4.36. The molecule has 1 aromatic carbocycles. The molecular weight excluding hydrogens is 258 g/mol. The standard InChI is InChI=1S/C14H13N3O3/c1-2-16-10(7-8-15-16)9-20-17-13(18)11-5-3-4-6-12(11)14(17)19/h3-8H,2,9H2,1H3. The molecule has 2 amide bonds. The number of aromatic nitrogens is 2. The number of aryl methyl sites for hydroxylation is 1. The highest BCUT2D eigenvalue weighted by Crippen LogP contribution is 2.23. The first kappa shape index (κ1) is 12.6. The van der Waals surface area contributed by atoms with E-state index in [-0.39, 0.29) is 6.61 Å². The average Bonchev–Trinajstić information content (AvgIpc) is 3.02. The van der Waals surface area contributed by atoms with Crippen LogP contribution in [0.4, 0.5) is 0 Å². The van der Waals surface area contributed by atoms with Crippen molar-refractivity contribution in [1.29, 1.82) is 0 Å². The summed E-state index contributed by atoms with van der Waals surface area (Å²) in [6.07, 6.45) is 1.66. The van der Waals surface area contributed by atoms with Gasteiger partial charge in [0.1, 0.15) is 6.61 Å². The van der Waals surface area contributed by atoms with Gasteiger partial charge in [-0.25, -0.2) is 0 Å². The third-order valence-electron chi connectivity index (χ3n) is 3.20. The maximum Gasteiger partial charge on any atom is 0.285 e. The first-order valence-corrected chi connectivity index (χ1v) is 6.33. The van der Waals surface area contributed by atoms with Crippen molar-refractivity contribution in [3.8, 4) is 0 Å². The van der Waals surface area contributed by atoms with Gasteiger partial charge >= 0.3 is 0 Å². The van der Waals surface area contributed by atoms with E-state index in [1.54, 1.807) is 41.2 Å². The molecule has 0 unspecified atom stereocenters. The van der Waals surface area contributed by atoms with Crippen LogP contribution in [0.5, 0.6) is 0 Å². The van der Waals surface area contributed by atoms with Crippen molar-refractivity contribution in [3.63, 3.8) is 0 Å². The molecule has 102 valence electrons. The van der Waals surface area contributed by atoms with Gasteiger partial charge in [-0.2, -0.15) is 5.10 Å². The first-order chi connectivity index (χ1) is 9.72. The molecular formula is C14H13N3O3. The van der Waals surface area contributed by atoms with Crippen LogP contribution in [0.2, 0.25) is 0 Å². The van der Waals surface area contributed by atoms with E-state index >= 15 is 0 Å². The van der Waals surface area contributed by atoms with Crippen LogP contribution < -0.4 is 0 Å². The average molecular weight is 271 g/mol. The van der Waals surface area contributed by atoms with E-state index in [4.69, 9.17) is 4.84 Å². The molecule has 0 N–H and O–H groups in total. The molecule has 0 radical (unpaired) electrons. The van der Waals surface area contributed by atoms with Crippen molar-refractivity contribution in [1.82, 2.24) is 14.8 Å². The van der Waals surface area contributed by atoms with Crippen molar-refractivity contribution in [2.75, 3.05) is 0 Å². The largest absolute Gasteiger partial charge is 0.285 e. The zero-order valence-corrected chi connectivity index (χ0v) is 10.9. The Balaban J connectivity index is 1.77. The fourth-order valence-corrected chi connectivity index (χ4v) is 2.18. The Morgan fingerprint density at radius 2 is 1.75 bits per heavy atom. The molecule has 3 rings (SSSR count). The highest BCUT2D eigenvalue weighted by Gasteiger charge is 2.36. The number of amides is 2. The molecule has 20 heavy (non-hydrogen) atoms. The fourth-order valence-electron chi connectivity index (χ4n) is 2.18. The SMILES string of the molecule is CCn1nccc1CON1C(=O)c2ccccc2C1=O. The van der Waals surface area contributed by atoms with Crippen LogP contribution in [0.3, 0.4) is 0 Å². The maximum atomic E-state index is 12.1. The number of carbonyl (C=O) groups excluding carboxylic acids is 2. The lowest BCUT2D eigenvalue weighted by Crippen LogP contribution is -2.30. The highest BCUT2D eigenvalue weighted by molar-refractivity contribution is 6.20. The van der Waals surface area contributed by atoms with Gasteiger partial charge in [-0.3, -0.25) is 19.1 Å². The maximum absolute atomic E-state index is 12.1. The van der Waals surface area contributed by atoms with Crippen LogP contribution in [0.1, 0.15) is 33.3 Å². The second-order valence-corrected chi connectivity index (χ2v) is 4.36. The zero-order chi connectivity index (χ0) is 14.1. The summed E-state index contributed by atoms with van der Waals surface area (Å²) in [6, 6.07) is 8.48. The summed E-state index contributed by atoms with van der Waals surface area (Å²) in [4.78, 5) is 29.5. The van der Waals surface area contributed by atoms with Gasteiger partial charge in [0, 0.05) is 12.7 Å². The summed E-state index contributed by atoms with van der Waals surface area (Å²) in [6.45, 7) is 2.78. The fraction of sp³-hybridized carbons (Fsp3) is 0.214. The molecule has 0 bridgehead atoms. The lowest BCUT2D eigenvalue weighted by Gasteiger charge is -2.13. The van der Waals surface area contributed by atoms with E-state index in [2.05, 4.69) is 5.10 Å². The summed E-state index contributed by atoms with van der Waals surface area (Å²) in [5, 5.41) is 4.92. The number of fused-ring (bicyclic) bond motifs is 1. The van der Waals surface area contributed by atoms with Gasteiger partial charge in [0.15, 0.2) is 0 Å². The molecule has 0 spiro atoms. The van der Waals surface area contributed by atoms with Gasteiger partial charge in [-0.15, -0.1) is 5.06 Å².